The van der Waals surface area contributed by atoms with Crippen LogP contribution in [0, 0.1) is 0 Å². The first-order valence-corrected chi connectivity index (χ1v) is 4.45. The van der Waals surface area contributed by atoms with Gasteiger partial charge in [-0.1, -0.05) is 0 Å². The molecule has 0 rings (SSSR count). The zero-order valence-corrected chi connectivity index (χ0v) is 7.09. The van der Waals surface area contributed by atoms with Gasteiger partial charge in [0.05, 0.1) is 0 Å². The molecule has 2 unspecified atom stereocenters. The van der Waals surface area contributed by atoms with Gasteiger partial charge in [0.2, 0.25) is 0 Å². The van der Waals surface area contributed by atoms with E-state index in [2.05, 4.69) is 4.52 Å². The van der Waals surface area contributed by atoms with Crippen molar-refractivity contribution in [3.05, 3.63) is 0 Å². The van der Waals surface area contributed by atoms with E-state index in [0.29, 0.717) is 0 Å². The van der Waals surface area contributed by atoms with E-state index < -0.39 is 13.3 Å². The Labute approximate surface area is 59.7 Å². The molecule has 5 heteroatoms. The van der Waals surface area contributed by atoms with Gasteiger partial charge in [-0.05, 0) is 13.8 Å². The highest BCUT2D eigenvalue weighted by molar-refractivity contribution is 7.54. The predicted octanol–water partition coefficient (Wildman–Crippen LogP) is 0.796. The quantitative estimate of drug-likeness (QED) is 0.629. The fraction of sp³-hybridized carbons (Fsp3) is 0.800. The Morgan fingerprint density at radius 2 is 2.10 bits per heavy atom. The van der Waals surface area contributed by atoms with Crippen molar-refractivity contribution in [3.63, 3.8) is 0 Å². The van der Waals surface area contributed by atoms with Crippen molar-refractivity contribution in [2.75, 3.05) is 7.11 Å². The molecule has 0 aliphatic heterocycles. The lowest BCUT2D eigenvalue weighted by atomic mass is 10.3. The van der Waals surface area contributed by atoms with E-state index in [1.807, 2.05) is 0 Å². The Bertz CT molecular complexity index is 176. The molecule has 0 bridgehead atoms. The number of Topliss-reactive ketones (excluding diaryl/α,β-unsaturated/α-hetero) is 1. The molecule has 0 radical (unpaired) electrons. The maximum Gasteiger partial charge on any atom is 0.337 e. The van der Waals surface area contributed by atoms with Crippen LogP contribution in [0.25, 0.3) is 0 Å². The molecule has 0 saturated carbocycles. The zero-order valence-electron chi connectivity index (χ0n) is 6.20. The SMILES string of the molecule is COP(=O)(O)C(C)C(C)=O. The molecule has 0 aromatic heterocycles. The Morgan fingerprint density at radius 1 is 1.70 bits per heavy atom. The fourth-order valence-electron chi connectivity index (χ4n) is 0.388. The van der Waals surface area contributed by atoms with E-state index in [-0.39, 0.29) is 5.78 Å². The lowest BCUT2D eigenvalue weighted by Crippen LogP contribution is -2.14. The lowest BCUT2D eigenvalue weighted by molar-refractivity contribution is -0.116. The third kappa shape index (κ3) is 2.21. The summed E-state index contributed by atoms with van der Waals surface area (Å²) in [4.78, 5) is 19.4. The van der Waals surface area contributed by atoms with Crippen LogP contribution in [0.2, 0.25) is 0 Å². The third-order valence-corrected chi connectivity index (χ3v) is 3.21. The van der Waals surface area contributed by atoms with Crippen LogP contribution in [0.5, 0.6) is 0 Å². The van der Waals surface area contributed by atoms with Crippen molar-refractivity contribution in [1.29, 1.82) is 0 Å². The number of carbonyl (C=O) groups excluding carboxylic acids is 1. The van der Waals surface area contributed by atoms with Crippen molar-refractivity contribution < 1.29 is 18.8 Å². The summed E-state index contributed by atoms with van der Waals surface area (Å²) in [5.41, 5.74) is -0.919. The minimum absolute atomic E-state index is 0.340. The van der Waals surface area contributed by atoms with Crippen LogP contribution in [0.4, 0.5) is 0 Å². The van der Waals surface area contributed by atoms with Gasteiger partial charge in [-0.25, -0.2) is 0 Å². The first-order chi connectivity index (χ1) is 4.41. The van der Waals surface area contributed by atoms with Gasteiger partial charge in [0.15, 0.2) is 0 Å². The van der Waals surface area contributed by atoms with Crippen molar-refractivity contribution >= 4 is 13.4 Å². The number of hydrogen-bond acceptors (Lipinski definition) is 3. The standard InChI is InChI=1S/C5H11O4P/c1-4(6)5(2)10(7,8)9-3/h5H,1-3H3,(H,7,8). The molecule has 4 nitrogen and oxygen atoms in total. The highest BCUT2D eigenvalue weighted by Gasteiger charge is 2.30. The predicted molar refractivity (Wildman–Crippen MR) is 37.0 cm³/mol. The number of carbonyl (C=O) groups is 1. The minimum atomic E-state index is -3.67. The molecule has 10 heavy (non-hydrogen) atoms. The average molecular weight is 166 g/mol. The van der Waals surface area contributed by atoms with Gasteiger partial charge in [0.1, 0.15) is 11.4 Å². The molecule has 0 saturated heterocycles. The maximum atomic E-state index is 10.8. The Morgan fingerprint density at radius 3 is 2.20 bits per heavy atom. The largest absolute Gasteiger partial charge is 0.337 e. The van der Waals surface area contributed by atoms with Crippen molar-refractivity contribution in [2.24, 2.45) is 0 Å². The summed E-state index contributed by atoms with van der Waals surface area (Å²) in [6.45, 7) is 2.62. The fourth-order valence-corrected chi connectivity index (χ4v) is 1.16. The van der Waals surface area contributed by atoms with E-state index in [4.69, 9.17) is 4.89 Å². The molecule has 0 aromatic carbocycles. The van der Waals surface area contributed by atoms with Crippen LogP contribution in [0.1, 0.15) is 13.8 Å². The molecule has 0 aliphatic carbocycles. The average Bonchev–Trinajstić information content (AvgIpc) is 1.86. The van der Waals surface area contributed by atoms with Crippen LogP contribution < -0.4 is 0 Å². The molecule has 0 spiro atoms. The van der Waals surface area contributed by atoms with E-state index in [1.165, 1.54) is 13.8 Å². The van der Waals surface area contributed by atoms with Crippen LogP contribution >= 0.6 is 7.60 Å². The van der Waals surface area contributed by atoms with E-state index in [0.717, 1.165) is 7.11 Å². The van der Waals surface area contributed by atoms with Crippen molar-refractivity contribution in [2.45, 2.75) is 19.5 Å². The highest BCUT2D eigenvalue weighted by Crippen LogP contribution is 2.46. The number of ketones is 1. The van der Waals surface area contributed by atoms with Gasteiger partial charge in [0.25, 0.3) is 0 Å². The Balaban J connectivity index is 4.33. The third-order valence-electron chi connectivity index (χ3n) is 1.34. The first-order valence-electron chi connectivity index (χ1n) is 2.80. The molecule has 1 N–H and O–H groups in total. The lowest BCUT2D eigenvalue weighted by Gasteiger charge is -2.13. The van der Waals surface area contributed by atoms with Gasteiger partial charge in [0, 0.05) is 7.11 Å². The minimum Gasteiger partial charge on any atom is -0.324 e. The van der Waals surface area contributed by atoms with Gasteiger partial charge in [-0.15, -0.1) is 0 Å². The molecule has 0 aromatic rings. The summed E-state index contributed by atoms with van der Waals surface area (Å²) in [6, 6.07) is 0. The molecule has 0 heterocycles. The molecule has 2 atom stereocenters. The molecular formula is C5H11O4P. The Kier molecular flexibility index (Phi) is 3.22. The Hall–Kier alpha value is -0.180. The van der Waals surface area contributed by atoms with Crippen LogP contribution in [-0.4, -0.2) is 23.4 Å². The zero-order chi connectivity index (χ0) is 8.36. The normalized spacial score (nSPS) is 19.6. The second-order valence-electron chi connectivity index (χ2n) is 2.03. The van der Waals surface area contributed by atoms with Gasteiger partial charge in [-0.3, -0.25) is 9.36 Å². The molecule has 0 amide bonds. The van der Waals surface area contributed by atoms with E-state index >= 15 is 0 Å². The number of rotatable bonds is 3. The second kappa shape index (κ2) is 3.28. The van der Waals surface area contributed by atoms with Gasteiger partial charge < -0.3 is 9.42 Å². The topological polar surface area (TPSA) is 63.6 Å². The maximum absolute atomic E-state index is 10.8. The van der Waals surface area contributed by atoms with Gasteiger partial charge >= 0.3 is 7.60 Å². The summed E-state index contributed by atoms with van der Waals surface area (Å²) < 4.78 is 15.1. The second-order valence-corrected chi connectivity index (χ2v) is 4.30. The summed E-state index contributed by atoms with van der Waals surface area (Å²) >= 11 is 0. The summed E-state index contributed by atoms with van der Waals surface area (Å²) in [5, 5.41) is 0. The molecule has 0 fully saturated rings. The number of hydrogen-bond donors (Lipinski definition) is 1. The smallest absolute Gasteiger partial charge is 0.324 e. The first kappa shape index (κ1) is 9.82. The van der Waals surface area contributed by atoms with Crippen LogP contribution in [0.15, 0.2) is 0 Å². The van der Waals surface area contributed by atoms with E-state index in [9.17, 15) is 9.36 Å². The summed E-state index contributed by atoms with van der Waals surface area (Å²) in [7, 11) is -2.56. The molecular weight excluding hydrogens is 155 g/mol. The van der Waals surface area contributed by atoms with E-state index in [1.54, 1.807) is 0 Å². The van der Waals surface area contributed by atoms with Crippen LogP contribution in [0.3, 0.4) is 0 Å². The van der Waals surface area contributed by atoms with Crippen LogP contribution in [-0.2, 0) is 13.9 Å². The molecule has 60 valence electrons. The monoisotopic (exact) mass is 166 g/mol. The van der Waals surface area contributed by atoms with Crippen molar-refractivity contribution in [3.8, 4) is 0 Å². The summed E-state index contributed by atoms with van der Waals surface area (Å²) in [5.74, 6) is -0.340. The highest BCUT2D eigenvalue weighted by atomic mass is 31.2. The molecule has 0 aliphatic rings. The van der Waals surface area contributed by atoms with Gasteiger partial charge in [-0.2, -0.15) is 0 Å². The summed E-state index contributed by atoms with van der Waals surface area (Å²) in [6.07, 6.45) is 0. The van der Waals surface area contributed by atoms with Crippen molar-refractivity contribution in [1.82, 2.24) is 0 Å².